The van der Waals surface area contributed by atoms with Gasteiger partial charge in [0.1, 0.15) is 0 Å². The van der Waals surface area contributed by atoms with Crippen LogP contribution in [-0.4, -0.2) is 68.8 Å². The molecule has 0 atom stereocenters. The van der Waals surface area contributed by atoms with Crippen molar-refractivity contribution >= 4 is 0 Å². The molecule has 29 heavy (non-hydrogen) atoms. The molecule has 0 aromatic heterocycles. The average molecular weight is 400 g/mol. The summed E-state index contributed by atoms with van der Waals surface area (Å²) in [6.07, 6.45) is 5.66. The van der Waals surface area contributed by atoms with E-state index in [9.17, 15) is 0 Å². The lowest BCUT2D eigenvalue weighted by Gasteiger charge is -2.55. The van der Waals surface area contributed by atoms with Crippen molar-refractivity contribution in [1.29, 1.82) is 0 Å². The molecule has 1 spiro atoms. The van der Waals surface area contributed by atoms with Crippen LogP contribution in [0.2, 0.25) is 0 Å². The summed E-state index contributed by atoms with van der Waals surface area (Å²) in [5.41, 5.74) is 3.40. The van der Waals surface area contributed by atoms with Gasteiger partial charge in [-0.3, -0.25) is 9.80 Å². The highest BCUT2D eigenvalue weighted by atomic mass is 16.5. The second-order valence-electron chi connectivity index (χ2n) is 10.5. The van der Waals surface area contributed by atoms with Gasteiger partial charge in [-0.2, -0.15) is 0 Å². The average Bonchev–Trinajstić information content (AvgIpc) is 3.02. The first-order valence-corrected chi connectivity index (χ1v) is 11.5. The molecular weight excluding hydrogens is 362 g/mol. The molecule has 3 aliphatic heterocycles. The smallest absolute Gasteiger partial charge is 0.165 e. The monoisotopic (exact) mass is 399 g/mol. The number of ether oxygens (including phenoxy) is 2. The third kappa shape index (κ3) is 3.66. The summed E-state index contributed by atoms with van der Waals surface area (Å²) < 4.78 is 11.6. The second-order valence-corrected chi connectivity index (χ2v) is 10.5. The highest BCUT2D eigenvalue weighted by Gasteiger charge is 2.46. The lowest BCUT2D eigenvalue weighted by atomic mass is 9.60. The van der Waals surface area contributed by atoms with Crippen LogP contribution >= 0.6 is 0 Å². The van der Waals surface area contributed by atoms with Crippen LogP contribution in [0.1, 0.15) is 50.7 Å². The van der Waals surface area contributed by atoms with E-state index in [1.165, 1.54) is 76.1 Å². The van der Waals surface area contributed by atoms with Crippen molar-refractivity contribution in [2.75, 3.05) is 53.0 Å². The zero-order valence-corrected chi connectivity index (χ0v) is 18.4. The summed E-state index contributed by atoms with van der Waals surface area (Å²) in [6.45, 7) is 13.5. The van der Waals surface area contributed by atoms with E-state index in [1.807, 2.05) is 0 Å². The highest BCUT2D eigenvalue weighted by Crippen LogP contribution is 2.50. The van der Waals surface area contributed by atoms with Gasteiger partial charge in [0.05, 0.1) is 13.7 Å². The maximum Gasteiger partial charge on any atom is 0.165 e. The number of nitrogens with one attached hydrogen (secondary N) is 1. The number of rotatable bonds is 4. The topological polar surface area (TPSA) is 37.0 Å². The van der Waals surface area contributed by atoms with Crippen molar-refractivity contribution in [2.45, 2.75) is 57.5 Å². The third-order valence-electron chi connectivity index (χ3n) is 7.97. The minimum Gasteiger partial charge on any atom is -0.493 e. The third-order valence-corrected chi connectivity index (χ3v) is 7.97. The molecule has 5 nitrogen and oxygen atoms in total. The van der Waals surface area contributed by atoms with Crippen molar-refractivity contribution in [3.63, 3.8) is 0 Å². The summed E-state index contributed by atoms with van der Waals surface area (Å²) >= 11 is 0. The SMILES string of the molecule is COc1cc(CN2CCN(C3CC4(CCNCC4)C3)CC2)cc2c1OCC2(C)C. The van der Waals surface area contributed by atoms with E-state index < -0.39 is 0 Å². The van der Waals surface area contributed by atoms with E-state index in [0.29, 0.717) is 5.41 Å². The quantitative estimate of drug-likeness (QED) is 0.842. The van der Waals surface area contributed by atoms with Gasteiger partial charge in [-0.15, -0.1) is 0 Å². The number of fused-ring (bicyclic) bond motifs is 1. The molecule has 0 unspecified atom stereocenters. The molecular formula is C24H37N3O2. The Morgan fingerprint density at radius 2 is 1.83 bits per heavy atom. The predicted molar refractivity (Wildman–Crippen MR) is 116 cm³/mol. The normalized spacial score (nSPS) is 26.7. The lowest BCUT2D eigenvalue weighted by molar-refractivity contribution is -0.0386. The predicted octanol–water partition coefficient (Wildman–Crippen LogP) is 3.02. The first-order chi connectivity index (χ1) is 14.0. The molecule has 5 rings (SSSR count). The number of benzene rings is 1. The Bertz CT molecular complexity index is 741. The Hall–Kier alpha value is -1.30. The molecule has 2 saturated heterocycles. The molecule has 160 valence electrons. The summed E-state index contributed by atoms with van der Waals surface area (Å²) in [4.78, 5) is 5.38. The molecule has 3 heterocycles. The van der Waals surface area contributed by atoms with Gasteiger partial charge in [0, 0.05) is 49.7 Å². The van der Waals surface area contributed by atoms with Crippen LogP contribution in [0.5, 0.6) is 11.5 Å². The number of hydrogen-bond acceptors (Lipinski definition) is 5. The van der Waals surface area contributed by atoms with Gasteiger partial charge in [0.15, 0.2) is 11.5 Å². The Morgan fingerprint density at radius 3 is 2.52 bits per heavy atom. The van der Waals surface area contributed by atoms with Crippen LogP contribution in [0.25, 0.3) is 0 Å². The molecule has 1 N–H and O–H groups in total. The van der Waals surface area contributed by atoms with E-state index in [0.717, 1.165) is 30.7 Å². The number of nitrogens with zero attached hydrogens (tertiary/aromatic N) is 2. The van der Waals surface area contributed by atoms with E-state index in [4.69, 9.17) is 9.47 Å². The number of methoxy groups -OCH3 is 1. The van der Waals surface area contributed by atoms with Gasteiger partial charge in [-0.1, -0.05) is 13.8 Å². The standard InChI is InChI=1S/C24H37N3O2/c1-23(2)17-29-22-20(23)12-18(13-21(22)28-3)16-26-8-10-27(11-9-26)19-14-24(15-19)4-6-25-7-5-24/h12-13,19,25H,4-11,14-17H2,1-3H3. The Balaban J connectivity index is 1.18. The molecule has 0 radical (unpaired) electrons. The summed E-state index contributed by atoms with van der Waals surface area (Å²) in [5.74, 6) is 1.84. The molecule has 0 bridgehead atoms. The summed E-state index contributed by atoms with van der Waals surface area (Å²) in [5, 5.41) is 3.52. The fourth-order valence-electron chi connectivity index (χ4n) is 5.99. The van der Waals surface area contributed by atoms with E-state index in [-0.39, 0.29) is 5.41 Å². The molecule has 1 aromatic rings. The van der Waals surface area contributed by atoms with Crippen LogP contribution < -0.4 is 14.8 Å². The van der Waals surface area contributed by atoms with Crippen LogP contribution in [-0.2, 0) is 12.0 Å². The van der Waals surface area contributed by atoms with Gasteiger partial charge >= 0.3 is 0 Å². The van der Waals surface area contributed by atoms with Crippen LogP contribution in [0.4, 0.5) is 0 Å². The van der Waals surface area contributed by atoms with Gasteiger partial charge < -0.3 is 14.8 Å². The summed E-state index contributed by atoms with van der Waals surface area (Å²) in [6, 6.07) is 5.37. The Kier molecular flexibility index (Phi) is 5.04. The van der Waals surface area contributed by atoms with Gasteiger partial charge in [0.25, 0.3) is 0 Å². The minimum absolute atomic E-state index is 0.0616. The maximum atomic E-state index is 5.94. The Labute approximate surface area is 175 Å². The zero-order chi connectivity index (χ0) is 20.1. The van der Waals surface area contributed by atoms with E-state index in [2.05, 4.69) is 41.1 Å². The minimum atomic E-state index is 0.0616. The maximum absolute atomic E-state index is 5.94. The molecule has 1 aromatic carbocycles. The molecule has 4 aliphatic rings. The Morgan fingerprint density at radius 1 is 1.10 bits per heavy atom. The van der Waals surface area contributed by atoms with Crippen molar-refractivity contribution in [1.82, 2.24) is 15.1 Å². The van der Waals surface area contributed by atoms with E-state index >= 15 is 0 Å². The van der Waals surface area contributed by atoms with E-state index in [1.54, 1.807) is 7.11 Å². The van der Waals surface area contributed by atoms with Crippen LogP contribution in [0.3, 0.4) is 0 Å². The fourth-order valence-corrected chi connectivity index (χ4v) is 5.99. The lowest BCUT2D eigenvalue weighted by Crippen LogP contribution is -2.58. The fraction of sp³-hybridized carbons (Fsp3) is 0.750. The molecule has 1 saturated carbocycles. The van der Waals surface area contributed by atoms with Crippen molar-refractivity contribution in [3.8, 4) is 11.5 Å². The zero-order valence-electron chi connectivity index (χ0n) is 18.4. The van der Waals surface area contributed by atoms with Crippen molar-refractivity contribution in [2.24, 2.45) is 5.41 Å². The van der Waals surface area contributed by atoms with Gasteiger partial charge in [-0.25, -0.2) is 0 Å². The molecule has 0 amide bonds. The van der Waals surface area contributed by atoms with Crippen molar-refractivity contribution in [3.05, 3.63) is 23.3 Å². The van der Waals surface area contributed by atoms with Crippen LogP contribution in [0, 0.1) is 5.41 Å². The first-order valence-electron chi connectivity index (χ1n) is 11.5. The van der Waals surface area contributed by atoms with Crippen LogP contribution in [0.15, 0.2) is 12.1 Å². The first kappa shape index (κ1) is 19.7. The van der Waals surface area contributed by atoms with Gasteiger partial charge in [0.2, 0.25) is 0 Å². The highest BCUT2D eigenvalue weighted by molar-refractivity contribution is 5.54. The summed E-state index contributed by atoms with van der Waals surface area (Å²) in [7, 11) is 1.75. The van der Waals surface area contributed by atoms with Gasteiger partial charge in [-0.05, 0) is 61.9 Å². The molecule has 3 fully saturated rings. The molecule has 1 aliphatic carbocycles. The number of piperidine rings is 1. The number of hydrogen-bond donors (Lipinski definition) is 1. The molecule has 5 heteroatoms. The second kappa shape index (κ2) is 7.44. The van der Waals surface area contributed by atoms with Crippen molar-refractivity contribution < 1.29 is 9.47 Å². The number of piperazine rings is 1. The largest absolute Gasteiger partial charge is 0.493 e.